The lowest BCUT2D eigenvalue weighted by Gasteiger charge is -2.06. The number of hydrogen-bond donors (Lipinski definition) is 2. The summed E-state index contributed by atoms with van der Waals surface area (Å²) in [6.45, 7) is 0. The van der Waals surface area contributed by atoms with Crippen LogP contribution < -0.4 is 10.5 Å². The zero-order valence-electron chi connectivity index (χ0n) is 10.7. The molecule has 0 unspecified atom stereocenters. The standard InChI is InChI=1S/C10H12N4O2S4/c1-12-20(15,16)6-3-4-8(7(11)5-6)18-10-14-13-9(17-2)19-10/h3-5,12H,11H2,1-2H3. The van der Waals surface area contributed by atoms with E-state index >= 15 is 0 Å². The molecule has 6 nitrogen and oxygen atoms in total. The fourth-order valence-corrected chi connectivity index (χ4v) is 4.50. The van der Waals surface area contributed by atoms with Gasteiger partial charge in [-0.2, -0.15) is 0 Å². The molecule has 108 valence electrons. The lowest BCUT2D eigenvalue weighted by atomic mass is 10.3. The van der Waals surface area contributed by atoms with Crippen molar-refractivity contribution in [2.45, 2.75) is 18.5 Å². The number of nitrogen functional groups attached to an aromatic ring is 1. The maximum Gasteiger partial charge on any atom is 0.240 e. The van der Waals surface area contributed by atoms with Gasteiger partial charge in [-0.3, -0.25) is 0 Å². The lowest BCUT2D eigenvalue weighted by molar-refractivity contribution is 0.588. The first-order valence-electron chi connectivity index (χ1n) is 5.34. The SMILES string of the molecule is CNS(=O)(=O)c1ccc(Sc2nnc(SC)s2)c(N)c1. The minimum Gasteiger partial charge on any atom is -0.398 e. The molecule has 0 bridgehead atoms. The molecule has 0 amide bonds. The number of rotatable bonds is 5. The summed E-state index contributed by atoms with van der Waals surface area (Å²) < 4.78 is 27.2. The minimum atomic E-state index is -3.48. The van der Waals surface area contributed by atoms with E-state index in [1.54, 1.807) is 6.07 Å². The van der Waals surface area contributed by atoms with Crippen molar-refractivity contribution in [3.05, 3.63) is 18.2 Å². The summed E-state index contributed by atoms with van der Waals surface area (Å²) in [4.78, 5) is 0.896. The van der Waals surface area contributed by atoms with E-state index in [0.29, 0.717) is 5.69 Å². The number of nitrogens with zero attached hydrogens (tertiary/aromatic N) is 2. The lowest BCUT2D eigenvalue weighted by Crippen LogP contribution is -2.18. The van der Waals surface area contributed by atoms with Gasteiger partial charge >= 0.3 is 0 Å². The van der Waals surface area contributed by atoms with Gasteiger partial charge in [-0.25, -0.2) is 13.1 Å². The van der Waals surface area contributed by atoms with E-state index in [9.17, 15) is 8.42 Å². The number of nitrogens with one attached hydrogen (secondary N) is 1. The van der Waals surface area contributed by atoms with Gasteiger partial charge in [-0.15, -0.1) is 10.2 Å². The van der Waals surface area contributed by atoms with Crippen molar-refractivity contribution >= 4 is 50.6 Å². The highest BCUT2D eigenvalue weighted by atomic mass is 32.2. The van der Waals surface area contributed by atoms with Crippen LogP contribution >= 0.6 is 34.9 Å². The zero-order valence-corrected chi connectivity index (χ0v) is 13.9. The molecule has 0 aliphatic heterocycles. The van der Waals surface area contributed by atoms with Gasteiger partial charge in [0, 0.05) is 10.6 Å². The molecule has 0 fully saturated rings. The molecule has 1 aromatic carbocycles. The number of hydrogen-bond acceptors (Lipinski definition) is 8. The van der Waals surface area contributed by atoms with Crippen molar-refractivity contribution in [1.82, 2.24) is 14.9 Å². The monoisotopic (exact) mass is 348 g/mol. The van der Waals surface area contributed by atoms with E-state index in [1.807, 2.05) is 6.26 Å². The second-order valence-electron chi connectivity index (χ2n) is 3.55. The predicted octanol–water partition coefficient (Wildman–Crippen LogP) is 1.90. The third-order valence-electron chi connectivity index (χ3n) is 2.32. The number of thioether (sulfide) groups is 1. The molecule has 0 saturated heterocycles. The molecule has 0 radical (unpaired) electrons. The van der Waals surface area contributed by atoms with E-state index in [-0.39, 0.29) is 4.90 Å². The topological polar surface area (TPSA) is 98.0 Å². The molecule has 2 aromatic rings. The van der Waals surface area contributed by atoms with E-state index in [4.69, 9.17) is 5.73 Å². The van der Waals surface area contributed by atoms with Crippen molar-refractivity contribution in [3.63, 3.8) is 0 Å². The molecule has 0 atom stereocenters. The molecular formula is C10H12N4O2S4. The van der Waals surface area contributed by atoms with Gasteiger partial charge in [-0.05, 0) is 31.5 Å². The fourth-order valence-electron chi connectivity index (χ4n) is 1.32. The molecule has 1 heterocycles. The Morgan fingerprint density at radius 1 is 1.30 bits per heavy atom. The zero-order chi connectivity index (χ0) is 14.8. The van der Waals surface area contributed by atoms with Gasteiger partial charge in [0.2, 0.25) is 10.0 Å². The summed E-state index contributed by atoms with van der Waals surface area (Å²) in [6, 6.07) is 4.62. The van der Waals surface area contributed by atoms with Crippen LogP contribution in [0.1, 0.15) is 0 Å². The summed E-state index contributed by atoms with van der Waals surface area (Å²) in [7, 11) is -2.12. The highest BCUT2D eigenvalue weighted by molar-refractivity contribution is 8.03. The average Bonchev–Trinajstić information content (AvgIpc) is 2.88. The smallest absolute Gasteiger partial charge is 0.240 e. The first-order valence-corrected chi connectivity index (χ1v) is 9.69. The van der Waals surface area contributed by atoms with Crippen molar-refractivity contribution in [2.24, 2.45) is 0 Å². The second-order valence-corrected chi connectivity index (χ2v) is 8.75. The summed E-state index contributed by atoms with van der Waals surface area (Å²) in [5.74, 6) is 0. The maximum absolute atomic E-state index is 11.7. The Morgan fingerprint density at radius 2 is 2.00 bits per heavy atom. The van der Waals surface area contributed by atoms with Crippen LogP contribution in [0.4, 0.5) is 5.69 Å². The molecule has 1 aromatic heterocycles. The minimum absolute atomic E-state index is 0.143. The molecule has 2 rings (SSSR count). The molecule has 0 saturated carbocycles. The quantitative estimate of drug-likeness (QED) is 0.629. The van der Waals surface area contributed by atoms with E-state index in [0.717, 1.165) is 13.6 Å². The predicted molar refractivity (Wildman–Crippen MR) is 82.9 cm³/mol. The number of nitrogens with two attached hydrogens (primary N) is 1. The number of sulfonamides is 1. The van der Waals surface area contributed by atoms with Crippen LogP contribution in [0.2, 0.25) is 0 Å². The van der Waals surface area contributed by atoms with Gasteiger partial charge in [0.15, 0.2) is 8.68 Å². The van der Waals surface area contributed by atoms with Crippen molar-refractivity contribution in [3.8, 4) is 0 Å². The molecule has 0 aliphatic carbocycles. The molecule has 3 N–H and O–H groups in total. The largest absolute Gasteiger partial charge is 0.398 e. The Labute approximate surface area is 129 Å². The van der Waals surface area contributed by atoms with Crippen molar-refractivity contribution < 1.29 is 8.42 Å². The molecule has 20 heavy (non-hydrogen) atoms. The van der Waals surface area contributed by atoms with Crippen LogP contribution in [0.5, 0.6) is 0 Å². The second kappa shape index (κ2) is 6.31. The van der Waals surface area contributed by atoms with Crippen LogP contribution in [0, 0.1) is 0 Å². The van der Waals surface area contributed by atoms with Crippen LogP contribution in [0.15, 0.2) is 36.7 Å². The van der Waals surface area contributed by atoms with Crippen LogP contribution in [-0.4, -0.2) is 31.9 Å². The summed E-state index contributed by atoms with van der Waals surface area (Å²) in [5, 5.41) is 8.03. The van der Waals surface area contributed by atoms with E-state index in [2.05, 4.69) is 14.9 Å². The maximum atomic E-state index is 11.7. The summed E-state index contributed by atoms with van der Waals surface area (Å²) >= 11 is 4.36. The van der Waals surface area contributed by atoms with E-state index < -0.39 is 10.0 Å². The molecular weight excluding hydrogens is 336 g/mol. The fraction of sp³-hybridized carbons (Fsp3) is 0.200. The first-order chi connectivity index (χ1) is 9.46. The Kier molecular flexibility index (Phi) is 4.91. The highest BCUT2D eigenvalue weighted by Gasteiger charge is 2.14. The van der Waals surface area contributed by atoms with Gasteiger partial charge < -0.3 is 5.73 Å². The van der Waals surface area contributed by atoms with Gasteiger partial charge in [-0.1, -0.05) is 34.9 Å². The highest BCUT2D eigenvalue weighted by Crippen LogP contribution is 2.36. The van der Waals surface area contributed by atoms with Crippen LogP contribution in [0.25, 0.3) is 0 Å². The molecule has 0 spiro atoms. The Balaban J connectivity index is 2.26. The van der Waals surface area contributed by atoms with Gasteiger partial charge in [0.1, 0.15) is 0 Å². The third-order valence-corrected chi connectivity index (χ3v) is 6.77. The first kappa shape index (κ1) is 15.6. The normalized spacial score (nSPS) is 11.7. The van der Waals surface area contributed by atoms with Crippen LogP contribution in [-0.2, 0) is 10.0 Å². The third kappa shape index (κ3) is 3.44. The molecule has 10 heteroatoms. The Hall–Kier alpha value is -0.810. The Morgan fingerprint density at radius 3 is 2.55 bits per heavy atom. The number of anilines is 1. The van der Waals surface area contributed by atoms with Crippen molar-refractivity contribution in [1.29, 1.82) is 0 Å². The molecule has 0 aliphatic rings. The van der Waals surface area contributed by atoms with Crippen molar-refractivity contribution in [2.75, 3.05) is 19.0 Å². The number of benzene rings is 1. The summed E-state index contributed by atoms with van der Waals surface area (Å²) in [5.41, 5.74) is 6.29. The summed E-state index contributed by atoms with van der Waals surface area (Å²) in [6.07, 6.45) is 1.93. The van der Waals surface area contributed by atoms with E-state index in [1.165, 1.54) is 54.0 Å². The van der Waals surface area contributed by atoms with Gasteiger partial charge in [0.25, 0.3) is 0 Å². The van der Waals surface area contributed by atoms with Gasteiger partial charge in [0.05, 0.1) is 4.90 Å². The Bertz CT molecular complexity index is 714. The number of aromatic nitrogens is 2. The average molecular weight is 349 g/mol. The van der Waals surface area contributed by atoms with Crippen LogP contribution in [0.3, 0.4) is 0 Å².